The molecular weight excluding hydrogens is 343 g/mol. The molecule has 0 aliphatic carbocycles. The molecule has 1 aromatic rings. The molecule has 0 saturated heterocycles. The van der Waals surface area contributed by atoms with E-state index in [-0.39, 0.29) is 12.4 Å². The van der Waals surface area contributed by atoms with Crippen LogP contribution in [0.1, 0.15) is 5.56 Å². The zero-order chi connectivity index (χ0) is 14.3. The molecule has 0 aliphatic rings. The van der Waals surface area contributed by atoms with Crippen molar-refractivity contribution < 1.29 is 38.3 Å². The summed E-state index contributed by atoms with van der Waals surface area (Å²) in [6.45, 7) is 1.05. The van der Waals surface area contributed by atoms with Crippen molar-refractivity contribution in [2.75, 3.05) is 0 Å². The van der Waals surface area contributed by atoms with Crippen LogP contribution >= 0.6 is 11.6 Å². The summed E-state index contributed by atoms with van der Waals surface area (Å²) in [5.41, 5.74) is -1.14. The number of diazo groups is 1. The predicted molar refractivity (Wildman–Crippen MR) is 60.6 cm³/mol. The molecule has 0 spiro atoms. The Morgan fingerprint density at radius 2 is 1.68 bits per heavy atom. The molecule has 0 bridgehead atoms. The minimum atomic E-state index is -4.77. The topological polar surface area (TPSA) is 137 Å². The number of nitrogens with zero attached hydrogens (tertiary/aromatic N) is 2. The van der Waals surface area contributed by atoms with Crippen LogP contribution < -0.4 is 12.4 Å². The lowest BCUT2D eigenvalue weighted by atomic mass is 10.2. The summed E-state index contributed by atoms with van der Waals surface area (Å²) in [5.74, 6) is 0. The van der Waals surface area contributed by atoms with Crippen LogP contribution in [-0.4, -0.2) is 25.9 Å². The van der Waals surface area contributed by atoms with Crippen molar-refractivity contribution in [3.8, 4) is 0 Å². The molecule has 0 aromatic heterocycles. The molecular formula is C7H6Cl2N2O6S2. The molecule has 0 saturated carbocycles. The molecule has 0 aliphatic heterocycles. The van der Waals surface area contributed by atoms with Crippen LogP contribution in [0.5, 0.6) is 0 Å². The highest BCUT2D eigenvalue weighted by Gasteiger charge is 2.34. The summed E-state index contributed by atoms with van der Waals surface area (Å²) in [6, 6.07) is 0.558. The highest BCUT2D eigenvalue weighted by molar-refractivity contribution is 7.86. The molecule has 1 rings (SSSR count). The Morgan fingerprint density at radius 3 is 2.00 bits per heavy atom. The zero-order valence-corrected chi connectivity index (χ0v) is 12.2. The first-order chi connectivity index (χ1) is 8.00. The molecule has 1 aromatic carbocycles. The summed E-state index contributed by atoms with van der Waals surface area (Å²) < 4.78 is 61.9. The molecule has 0 amide bonds. The number of hydrogen-bond donors (Lipinski definition) is 2. The van der Waals surface area contributed by atoms with E-state index in [4.69, 9.17) is 26.1 Å². The van der Waals surface area contributed by atoms with Crippen LogP contribution in [0.3, 0.4) is 0 Å². The smallest absolute Gasteiger partial charge is 0.410 e. The lowest BCUT2D eigenvalue weighted by molar-refractivity contribution is -0.0000122. The van der Waals surface area contributed by atoms with Crippen molar-refractivity contribution in [2.24, 2.45) is 0 Å². The van der Waals surface area contributed by atoms with Crippen molar-refractivity contribution in [1.29, 1.82) is 5.39 Å². The van der Waals surface area contributed by atoms with E-state index in [1.54, 1.807) is 0 Å². The van der Waals surface area contributed by atoms with Gasteiger partial charge in [0.15, 0.2) is 9.87 Å². The van der Waals surface area contributed by atoms with Crippen LogP contribution in [0, 0.1) is 12.3 Å². The molecule has 12 heteroatoms. The van der Waals surface area contributed by atoms with E-state index in [0.29, 0.717) is 6.07 Å². The van der Waals surface area contributed by atoms with Gasteiger partial charge in [-0.3, -0.25) is 9.11 Å². The second kappa shape index (κ2) is 5.58. The van der Waals surface area contributed by atoms with Crippen molar-refractivity contribution in [1.82, 2.24) is 0 Å². The van der Waals surface area contributed by atoms with E-state index in [9.17, 15) is 16.8 Å². The van der Waals surface area contributed by atoms with Gasteiger partial charge < -0.3 is 12.4 Å². The maximum absolute atomic E-state index is 11.0. The lowest BCUT2D eigenvalue weighted by Gasteiger charge is -2.04. The molecule has 0 heterocycles. The van der Waals surface area contributed by atoms with E-state index in [2.05, 4.69) is 4.98 Å². The van der Waals surface area contributed by atoms with E-state index < -0.39 is 46.3 Å². The third-order valence-electron chi connectivity index (χ3n) is 2.04. The molecule has 19 heavy (non-hydrogen) atoms. The summed E-state index contributed by atoms with van der Waals surface area (Å²) in [6.07, 6.45) is 0. The van der Waals surface area contributed by atoms with Crippen LogP contribution in [-0.2, 0) is 20.2 Å². The van der Waals surface area contributed by atoms with Gasteiger partial charge in [0.05, 0.1) is 10.6 Å². The lowest BCUT2D eigenvalue weighted by Crippen LogP contribution is -3.00. The van der Waals surface area contributed by atoms with Crippen LogP contribution in [0.4, 0.5) is 5.69 Å². The highest BCUT2D eigenvalue weighted by Crippen LogP contribution is 2.37. The molecule has 2 N–H and O–H groups in total. The fourth-order valence-electron chi connectivity index (χ4n) is 1.36. The van der Waals surface area contributed by atoms with Gasteiger partial charge in [-0.05, 0) is 13.0 Å². The predicted octanol–water partition coefficient (Wildman–Crippen LogP) is -1.37. The first kappa shape index (κ1) is 18.0. The van der Waals surface area contributed by atoms with Gasteiger partial charge in [-0.15, -0.1) is 0 Å². The molecule has 8 nitrogen and oxygen atoms in total. The van der Waals surface area contributed by atoms with Crippen LogP contribution in [0.15, 0.2) is 15.9 Å². The SMILES string of the molecule is Cc1c([N+]#N)c(S(=O)(=O)O)cc(Cl)c1S(=O)(=O)O.[Cl-]. The number of halogens is 2. The van der Waals surface area contributed by atoms with Gasteiger partial charge >= 0.3 is 15.8 Å². The van der Waals surface area contributed by atoms with Crippen LogP contribution in [0.2, 0.25) is 5.02 Å². The average Bonchev–Trinajstić information content (AvgIpc) is 2.13. The van der Waals surface area contributed by atoms with Gasteiger partial charge in [0.1, 0.15) is 4.90 Å². The van der Waals surface area contributed by atoms with E-state index in [0.717, 1.165) is 6.92 Å². The first-order valence-electron chi connectivity index (χ1n) is 4.13. The minimum Gasteiger partial charge on any atom is -1.00 e. The number of rotatable bonds is 2. The maximum Gasteiger partial charge on any atom is 0.410 e. The zero-order valence-electron chi connectivity index (χ0n) is 9.07. The Kier molecular flexibility index (Phi) is 5.29. The normalized spacial score (nSPS) is 11.5. The highest BCUT2D eigenvalue weighted by atomic mass is 35.5. The standard InChI is InChI=1S/C7H5ClN2O6S2.ClH/c1-3-6(10-9)5(17(11,12)13)2-4(8)7(3)18(14,15)16;/h2H,1H3,(H-,11,12,13,14,15,16);1H. The first-order valence-corrected chi connectivity index (χ1v) is 7.39. The fraction of sp³-hybridized carbons (Fsp3) is 0.143. The molecule has 0 radical (unpaired) electrons. The third-order valence-corrected chi connectivity index (χ3v) is 4.36. The fourth-order valence-corrected chi connectivity index (χ4v) is 3.46. The quantitative estimate of drug-likeness (QED) is 0.496. The number of hydrogen-bond acceptors (Lipinski definition) is 5. The molecule has 0 unspecified atom stereocenters. The summed E-state index contributed by atoms with van der Waals surface area (Å²) in [5, 5.41) is 8.04. The van der Waals surface area contributed by atoms with Crippen molar-refractivity contribution in [2.45, 2.75) is 16.7 Å². The summed E-state index contributed by atoms with van der Waals surface area (Å²) >= 11 is 5.52. The van der Waals surface area contributed by atoms with Gasteiger partial charge in [0.2, 0.25) is 5.39 Å². The molecule has 106 valence electrons. The summed E-state index contributed by atoms with van der Waals surface area (Å²) in [4.78, 5) is 0.902. The van der Waals surface area contributed by atoms with Crippen LogP contribution in [0.25, 0.3) is 4.98 Å². The Morgan fingerprint density at radius 1 is 1.21 bits per heavy atom. The van der Waals surface area contributed by atoms with Gasteiger partial charge in [0.25, 0.3) is 10.1 Å². The minimum absolute atomic E-state index is 0. The second-order valence-electron chi connectivity index (χ2n) is 3.21. The number of benzene rings is 1. The summed E-state index contributed by atoms with van der Waals surface area (Å²) in [7, 11) is -9.51. The molecule has 0 atom stereocenters. The van der Waals surface area contributed by atoms with E-state index >= 15 is 0 Å². The van der Waals surface area contributed by atoms with E-state index in [1.165, 1.54) is 0 Å². The third kappa shape index (κ3) is 3.53. The van der Waals surface area contributed by atoms with Crippen molar-refractivity contribution in [3.05, 3.63) is 21.6 Å². The Labute approximate surface area is 119 Å². The van der Waals surface area contributed by atoms with E-state index in [1.807, 2.05) is 0 Å². The largest absolute Gasteiger partial charge is 1.00 e. The van der Waals surface area contributed by atoms with Crippen molar-refractivity contribution in [3.63, 3.8) is 0 Å². The maximum atomic E-state index is 11.0. The monoisotopic (exact) mass is 348 g/mol. The van der Waals surface area contributed by atoms with Crippen molar-refractivity contribution >= 4 is 37.5 Å². The molecule has 0 fully saturated rings. The Balaban J connectivity index is 0.00000324. The van der Waals surface area contributed by atoms with Gasteiger partial charge in [-0.1, -0.05) is 11.6 Å². The van der Waals surface area contributed by atoms with Gasteiger partial charge in [0, 0.05) is 0 Å². The second-order valence-corrected chi connectivity index (χ2v) is 6.36. The van der Waals surface area contributed by atoms with Gasteiger partial charge in [-0.25, -0.2) is 0 Å². The van der Waals surface area contributed by atoms with Gasteiger partial charge in [-0.2, -0.15) is 16.8 Å². The Hall–Kier alpha value is -0.960. The average molecular weight is 349 g/mol. The Bertz CT molecular complexity index is 766.